The maximum atomic E-state index is 13.0. The Hall–Kier alpha value is -2.01. The molecule has 0 saturated heterocycles. The second-order valence-electron chi connectivity index (χ2n) is 3.81. The smallest absolute Gasteiger partial charge is 0.453 e. The molecule has 2 aromatic carbocycles. The van der Waals surface area contributed by atoms with Gasteiger partial charge >= 0.3 is 6.29 Å². The number of fused-ring (bicyclic) bond motifs is 1. The van der Waals surface area contributed by atoms with Crippen molar-refractivity contribution in [2.75, 3.05) is 0 Å². The highest BCUT2D eigenvalue weighted by atomic mass is 35.5. The summed E-state index contributed by atoms with van der Waals surface area (Å²) in [5.74, 6) is 0.235. The Balaban J connectivity index is 1.99. The van der Waals surface area contributed by atoms with E-state index < -0.39 is 6.29 Å². The molecule has 0 fully saturated rings. The van der Waals surface area contributed by atoms with Gasteiger partial charge in [-0.2, -0.15) is 0 Å². The van der Waals surface area contributed by atoms with E-state index in [-0.39, 0.29) is 22.3 Å². The van der Waals surface area contributed by atoms with Crippen molar-refractivity contribution < 1.29 is 23.0 Å². The van der Waals surface area contributed by atoms with Crippen LogP contribution in [0, 0.1) is 0 Å². The minimum Gasteiger partial charge on any atom is -0.453 e. The van der Waals surface area contributed by atoms with Crippen LogP contribution >= 0.6 is 11.6 Å². The fourth-order valence-electron chi connectivity index (χ4n) is 1.68. The van der Waals surface area contributed by atoms with Gasteiger partial charge in [-0.3, -0.25) is 0 Å². The Bertz CT molecular complexity index is 617. The minimum atomic E-state index is -3.71. The van der Waals surface area contributed by atoms with Crippen molar-refractivity contribution in [3.63, 3.8) is 0 Å². The number of halogens is 3. The lowest BCUT2D eigenvalue weighted by Crippen LogP contribution is -2.26. The Kier molecular flexibility index (Phi) is 2.71. The van der Waals surface area contributed by atoms with E-state index in [0.29, 0.717) is 5.75 Å². The molecule has 6 heteroatoms. The Morgan fingerprint density at radius 2 is 1.79 bits per heavy atom. The number of para-hydroxylation sites is 1. The molecule has 19 heavy (non-hydrogen) atoms. The first-order valence-electron chi connectivity index (χ1n) is 5.36. The van der Waals surface area contributed by atoms with Crippen molar-refractivity contribution >= 4 is 11.6 Å². The molecule has 1 aliphatic heterocycles. The van der Waals surface area contributed by atoms with Gasteiger partial charge in [0.15, 0.2) is 11.5 Å². The maximum absolute atomic E-state index is 13.0. The largest absolute Gasteiger partial charge is 0.586 e. The van der Waals surface area contributed by atoms with Crippen LogP contribution in [-0.2, 0) is 0 Å². The first-order chi connectivity index (χ1) is 9.03. The lowest BCUT2D eigenvalue weighted by molar-refractivity contribution is -0.287. The van der Waals surface area contributed by atoms with Crippen LogP contribution in [0.3, 0.4) is 0 Å². The summed E-state index contributed by atoms with van der Waals surface area (Å²) in [6, 6.07) is 11.3. The van der Waals surface area contributed by atoms with Crippen molar-refractivity contribution in [1.29, 1.82) is 0 Å². The molecular weight excluding hydrogens is 278 g/mol. The molecule has 3 rings (SSSR count). The second-order valence-corrected chi connectivity index (χ2v) is 4.25. The highest BCUT2D eigenvalue weighted by Crippen LogP contribution is 2.49. The third kappa shape index (κ3) is 2.42. The van der Waals surface area contributed by atoms with E-state index in [1.165, 1.54) is 12.1 Å². The first kappa shape index (κ1) is 12.0. The standard InChI is InChI=1S/C13H7ClF2O3/c14-8-6-10(17-9-4-2-1-3-5-9)12-11(7-8)18-13(15,16)19-12/h1-7H. The fraction of sp³-hybridized carbons (Fsp3) is 0.0769. The van der Waals surface area contributed by atoms with Crippen LogP contribution in [0.5, 0.6) is 23.0 Å². The summed E-state index contributed by atoms with van der Waals surface area (Å²) < 4.78 is 40.3. The van der Waals surface area contributed by atoms with E-state index in [4.69, 9.17) is 16.3 Å². The molecule has 0 saturated carbocycles. The summed E-state index contributed by atoms with van der Waals surface area (Å²) in [5, 5.41) is 0.214. The summed E-state index contributed by atoms with van der Waals surface area (Å²) in [6.45, 7) is 0. The fourth-order valence-corrected chi connectivity index (χ4v) is 1.88. The van der Waals surface area contributed by atoms with E-state index in [1.54, 1.807) is 24.3 Å². The van der Waals surface area contributed by atoms with Gasteiger partial charge in [0.05, 0.1) is 0 Å². The lowest BCUT2D eigenvalue weighted by Gasteiger charge is -2.09. The molecule has 0 aliphatic carbocycles. The Labute approximate surface area is 112 Å². The molecule has 0 unspecified atom stereocenters. The Morgan fingerprint density at radius 1 is 1.05 bits per heavy atom. The van der Waals surface area contributed by atoms with Gasteiger partial charge < -0.3 is 14.2 Å². The molecule has 0 spiro atoms. The zero-order valence-corrected chi connectivity index (χ0v) is 10.2. The summed E-state index contributed by atoms with van der Waals surface area (Å²) in [6.07, 6.45) is -3.71. The van der Waals surface area contributed by atoms with Gasteiger partial charge in [-0.1, -0.05) is 29.8 Å². The zero-order valence-electron chi connectivity index (χ0n) is 9.40. The number of hydrogen-bond donors (Lipinski definition) is 0. The van der Waals surface area contributed by atoms with Crippen LogP contribution in [0.25, 0.3) is 0 Å². The van der Waals surface area contributed by atoms with Crippen molar-refractivity contribution in [2.24, 2.45) is 0 Å². The summed E-state index contributed by atoms with van der Waals surface area (Å²) in [4.78, 5) is 0. The number of alkyl halides is 2. The van der Waals surface area contributed by atoms with Crippen molar-refractivity contribution in [1.82, 2.24) is 0 Å². The number of rotatable bonds is 2. The van der Waals surface area contributed by atoms with Crippen LogP contribution < -0.4 is 14.2 Å². The molecule has 3 nitrogen and oxygen atoms in total. The number of benzene rings is 2. The molecule has 0 N–H and O–H groups in total. The minimum absolute atomic E-state index is 0.0749. The monoisotopic (exact) mass is 284 g/mol. The molecule has 2 aromatic rings. The van der Waals surface area contributed by atoms with Gasteiger partial charge in [0.2, 0.25) is 5.75 Å². The molecule has 1 heterocycles. The van der Waals surface area contributed by atoms with Crippen LogP contribution in [-0.4, -0.2) is 6.29 Å². The Morgan fingerprint density at radius 3 is 2.53 bits per heavy atom. The van der Waals surface area contributed by atoms with Crippen molar-refractivity contribution in [2.45, 2.75) is 6.29 Å². The second kappa shape index (κ2) is 4.28. The predicted molar refractivity (Wildman–Crippen MR) is 64.2 cm³/mol. The number of ether oxygens (including phenoxy) is 3. The SMILES string of the molecule is FC1(F)Oc2cc(Cl)cc(Oc3ccccc3)c2O1. The topological polar surface area (TPSA) is 27.7 Å². The molecular formula is C13H7ClF2O3. The number of hydrogen-bond acceptors (Lipinski definition) is 3. The molecule has 1 aliphatic rings. The summed E-state index contributed by atoms with van der Waals surface area (Å²) >= 11 is 5.83. The van der Waals surface area contributed by atoms with Gasteiger partial charge in [-0.15, -0.1) is 8.78 Å². The van der Waals surface area contributed by atoms with E-state index in [1.807, 2.05) is 6.07 Å². The molecule has 0 radical (unpaired) electrons. The van der Waals surface area contributed by atoms with E-state index >= 15 is 0 Å². The predicted octanol–water partition coefficient (Wildman–Crippen LogP) is 4.45. The molecule has 0 bridgehead atoms. The molecule has 0 amide bonds. The van der Waals surface area contributed by atoms with Crippen LogP contribution in [0.4, 0.5) is 8.78 Å². The average Bonchev–Trinajstić information content (AvgIpc) is 2.65. The quantitative estimate of drug-likeness (QED) is 0.815. The summed E-state index contributed by atoms with van der Waals surface area (Å²) in [5.41, 5.74) is 0. The van der Waals surface area contributed by atoms with Gasteiger partial charge in [0.25, 0.3) is 0 Å². The molecule has 0 atom stereocenters. The molecule has 0 aromatic heterocycles. The zero-order chi connectivity index (χ0) is 13.5. The van der Waals surface area contributed by atoms with Crippen LogP contribution in [0.15, 0.2) is 42.5 Å². The third-order valence-corrected chi connectivity index (χ3v) is 2.62. The molecule has 98 valence electrons. The summed E-state index contributed by atoms with van der Waals surface area (Å²) in [7, 11) is 0. The van der Waals surface area contributed by atoms with Gasteiger partial charge in [-0.25, -0.2) is 0 Å². The average molecular weight is 285 g/mol. The van der Waals surface area contributed by atoms with Gasteiger partial charge in [-0.05, 0) is 12.1 Å². The maximum Gasteiger partial charge on any atom is 0.586 e. The van der Waals surface area contributed by atoms with E-state index in [2.05, 4.69) is 9.47 Å². The highest BCUT2D eigenvalue weighted by molar-refractivity contribution is 6.31. The van der Waals surface area contributed by atoms with Crippen LogP contribution in [0.1, 0.15) is 0 Å². The van der Waals surface area contributed by atoms with E-state index in [0.717, 1.165) is 0 Å². The van der Waals surface area contributed by atoms with Gasteiger partial charge in [0.1, 0.15) is 5.75 Å². The van der Waals surface area contributed by atoms with Crippen molar-refractivity contribution in [3.05, 3.63) is 47.5 Å². The van der Waals surface area contributed by atoms with Gasteiger partial charge in [0, 0.05) is 17.2 Å². The highest BCUT2D eigenvalue weighted by Gasteiger charge is 2.45. The lowest BCUT2D eigenvalue weighted by atomic mass is 10.3. The normalized spacial score (nSPS) is 15.3. The van der Waals surface area contributed by atoms with E-state index in [9.17, 15) is 8.78 Å². The van der Waals surface area contributed by atoms with Crippen LogP contribution in [0.2, 0.25) is 5.02 Å². The first-order valence-corrected chi connectivity index (χ1v) is 5.74. The third-order valence-electron chi connectivity index (χ3n) is 2.41. The van der Waals surface area contributed by atoms with Crippen molar-refractivity contribution in [3.8, 4) is 23.0 Å².